The molecule has 1 aromatic heterocycles. The van der Waals surface area contributed by atoms with Gasteiger partial charge >= 0.3 is 0 Å². The van der Waals surface area contributed by atoms with Gasteiger partial charge in [0.25, 0.3) is 0 Å². The van der Waals surface area contributed by atoms with Gasteiger partial charge in [-0.3, -0.25) is 4.98 Å². The minimum Gasteiger partial charge on any atom is -0.363 e. The number of hydrogen-bond donors (Lipinski definition) is 0. The standard InChI is InChI=1S/C29H32F3N2O2/c1-3-15-35-29(23-11-13-33-25-8-6-5-7-22(23)25)26-16-20-12-14-34(26,17-19(20)4-2)36-18-21-9-10-24(30)28(32)27(21)31/h3,5-11,13,19-20,26,29H,1,4,12,14-18H2,2H3/q+1/t19-,20-,26+,29+,34+/m0/s1. The predicted molar refractivity (Wildman–Crippen MR) is 132 cm³/mol. The van der Waals surface area contributed by atoms with Gasteiger partial charge in [0.15, 0.2) is 17.5 Å². The van der Waals surface area contributed by atoms with E-state index in [1.54, 1.807) is 12.3 Å². The van der Waals surface area contributed by atoms with Gasteiger partial charge in [-0.15, -0.1) is 6.58 Å². The van der Waals surface area contributed by atoms with Crippen LogP contribution in [0.15, 0.2) is 61.3 Å². The summed E-state index contributed by atoms with van der Waals surface area (Å²) in [5.41, 5.74) is 1.94. The number of benzene rings is 2. The Bertz CT molecular complexity index is 1250. The van der Waals surface area contributed by atoms with E-state index in [2.05, 4.69) is 24.6 Å². The van der Waals surface area contributed by atoms with E-state index in [4.69, 9.17) is 9.57 Å². The maximum Gasteiger partial charge on any atom is 0.194 e. The Morgan fingerprint density at radius 1 is 1.14 bits per heavy atom. The predicted octanol–water partition coefficient (Wildman–Crippen LogP) is 6.66. The van der Waals surface area contributed by atoms with Crippen molar-refractivity contribution in [3.05, 3.63) is 89.9 Å². The lowest BCUT2D eigenvalue weighted by Gasteiger charge is -2.56. The van der Waals surface area contributed by atoms with E-state index in [0.717, 1.165) is 54.9 Å². The van der Waals surface area contributed by atoms with E-state index in [9.17, 15) is 13.2 Å². The Kier molecular flexibility index (Phi) is 7.15. The molecule has 0 unspecified atom stereocenters. The van der Waals surface area contributed by atoms with Crippen molar-refractivity contribution in [3.63, 3.8) is 0 Å². The lowest BCUT2D eigenvalue weighted by Crippen LogP contribution is -2.68. The highest BCUT2D eigenvalue weighted by atomic mass is 19.2. The molecule has 0 amide bonds. The van der Waals surface area contributed by atoms with Crippen molar-refractivity contribution in [2.75, 3.05) is 19.7 Å². The largest absolute Gasteiger partial charge is 0.363 e. The van der Waals surface area contributed by atoms with Crippen molar-refractivity contribution in [2.24, 2.45) is 11.8 Å². The van der Waals surface area contributed by atoms with Crippen LogP contribution in [0.5, 0.6) is 0 Å². The second kappa shape index (κ2) is 10.3. The molecule has 3 aliphatic heterocycles. The summed E-state index contributed by atoms with van der Waals surface area (Å²) in [6, 6.07) is 12.1. The maximum atomic E-state index is 14.5. The number of ether oxygens (including phenoxy) is 1. The summed E-state index contributed by atoms with van der Waals surface area (Å²) >= 11 is 0. The van der Waals surface area contributed by atoms with Gasteiger partial charge in [0, 0.05) is 35.9 Å². The normalized spacial score (nSPS) is 26.3. The second-order valence-corrected chi connectivity index (χ2v) is 9.95. The number of fused-ring (bicyclic) bond motifs is 4. The first-order valence-corrected chi connectivity index (χ1v) is 12.7. The molecule has 7 heteroatoms. The fraction of sp³-hybridized carbons (Fsp3) is 0.414. The minimum atomic E-state index is -1.47. The highest BCUT2D eigenvalue weighted by Gasteiger charge is 2.57. The van der Waals surface area contributed by atoms with Crippen LogP contribution in [0.2, 0.25) is 0 Å². The van der Waals surface area contributed by atoms with Crippen LogP contribution in [-0.4, -0.2) is 35.4 Å². The number of aromatic nitrogens is 1. The zero-order chi connectivity index (χ0) is 25.3. The molecule has 0 spiro atoms. The Hall–Kier alpha value is -2.74. The molecule has 2 aromatic carbocycles. The molecular weight excluding hydrogens is 465 g/mol. The fourth-order valence-corrected chi connectivity index (χ4v) is 6.24. The van der Waals surface area contributed by atoms with E-state index < -0.39 is 17.5 Å². The number of piperidine rings is 3. The lowest BCUT2D eigenvalue weighted by molar-refractivity contribution is -1.14. The van der Waals surface area contributed by atoms with Crippen LogP contribution in [0.25, 0.3) is 10.9 Å². The van der Waals surface area contributed by atoms with E-state index in [-0.39, 0.29) is 24.3 Å². The minimum absolute atomic E-state index is 0.0128. The zero-order valence-corrected chi connectivity index (χ0v) is 20.5. The summed E-state index contributed by atoms with van der Waals surface area (Å²) in [6.45, 7) is 7.79. The van der Waals surface area contributed by atoms with Crippen molar-refractivity contribution in [3.8, 4) is 0 Å². The molecule has 3 aromatic rings. The van der Waals surface area contributed by atoms with Crippen LogP contribution in [0.1, 0.15) is 43.4 Å². The number of para-hydroxylation sites is 1. The molecule has 0 N–H and O–H groups in total. The average Bonchev–Trinajstić information content (AvgIpc) is 2.92. The lowest BCUT2D eigenvalue weighted by atomic mass is 9.72. The van der Waals surface area contributed by atoms with Crippen LogP contribution in [-0.2, 0) is 16.2 Å². The molecule has 0 saturated carbocycles. The molecule has 3 aliphatic rings. The molecular formula is C29H32F3N2O2+. The number of hydroxylamine groups is 3. The van der Waals surface area contributed by atoms with E-state index >= 15 is 0 Å². The van der Waals surface area contributed by atoms with Crippen LogP contribution < -0.4 is 0 Å². The van der Waals surface area contributed by atoms with E-state index in [1.165, 1.54) is 6.07 Å². The monoisotopic (exact) mass is 497 g/mol. The highest BCUT2D eigenvalue weighted by Crippen LogP contribution is 2.49. The summed E-state index contributed by atoms with van der Waals surface area (Å²) in [6.07, 6.45) is 6.17. The van der Waals surface area contributed by atoms with Gasteiger partial charge in [-0.2, -0.15) is 9.48 Å². The smallest absolute Gasteiger partial charge is 0.194 e. The third-order valence-corrected chi connectivity index (χ3v) is 8.09. The van der Waals surface area contributed by atoms with Gasteiger partial charge in [0.1, 0.15) is 31.8 Å². The van der Waals surface area contributed by atoms with Crippen molar-refractivity contribution in [1.82, 2.24) is 4.98 Å². The molecule has 0 aliphatic carbocycles. The Balaban J connectivity index is 1.54. The number of nitrogens with zero attached hydrogens (tertiary/aromatic N) is 2. The molecule has 4 heterocycles. The Morgan fingerprint density at radius 2 is 1.97 bits per heavy atom. The van der Waals surface area contributed by atoms with Gasteiger partial charge in [-0.05, 0) is 36.1 Å². The summed E-state index contributed by atoms with van der Waals surface area (Å²) in [5.74, 6) is -2.84. The van der Waals surface area contributed by atoms with E-state index in [1.807, 2.05) is 24.3 Å². The topological polar surface area (TPSA) is 31.4 Å². The van der Waals surface area contributed by atoms with Gasteiger partial charge < -0.3 is 4.74 Å². The summed E-state index contributed by atoms with van der Waals surface area (Å²) in [7, 11) is 0. The fourth-order valence-electron chi connectivity index (χ4n) is 6.24. The number of rotatable bonds is 9. The Labute approximate surface area is 209 Å². The first-order chi connectivity index (χ1) is 17.5. The molecule has 36 heavy (non-hydrogen) atoms. The van der Waals surface area contributed by atoms with Gasteiger partial charge in [0.2, 0.25) is 0 Å². The van der Waals surface area contributed by atoms with Gasteiger partial charge in [-0.25, -0.2) is 13.2 Å². The SMILES string of the molecule is C=CCO[C@H](c1ccnc2ccccc12)[C@H]1C[C@@H]2CC[N@@+]1(OCc1ccc(F)c(F)c1F)C[C@@H]2CC. The second-order valence-electron chi connectivity index (χ2n) is 9.95. The highest BCUT2D eigenvalue weighted by molar-refractivity contribution is 5.82. The van der Waals surface area contributed by atoms with Crippen molar-refractivity contribution in [2.45, 2.75) is 44.9 Å². The molecule has 0 radical (unpaired) electrons. The maximum absolute atomic E-state index is 14.5. The first kappa shape index (κ1) is 24.9. The van der Waals surface area contributed by atoms with Crippen LogP contribution in [0.4, 0.5) is 13.2 Å². The van der Waals surface area contributed by atoms with Gasteiger partial charge in [-0.1, -0.05) is 37.3 Å². The van der Waals surface area contributed by atoms with Crippen LogP contribution >= 0.6 is 0 Å². The summed E-state index contributed by atoms with van der Waals surface area (Å²) in [5, 5.41) is 1.02. The van der Waals surface area contributed by atoms with Crippen molar-refractivity contribution >= 4 is 10.9 Å². The molecule has 6 rings (SSSR count). The Morgan fingerprint density at radius 3 is 2.78 bits per heavy atom. The number of quaternary nitrogens is 1. The molecule has 5 atom stereocenters. The number of hydrogen-bond acceptors (Lipinski definition) is 3. The van der Waals surface area contributed by atoms with Crippen molar-refractivity contribution in [1.29, 1.82) is 0 Å². The quantitative estimate of drug-likeness (QED) is 0.188. The number of pyridine rings is 1. The van der Waals surface area contributed by atoms with Crippen molar-refractivity contribution < 1.29 is 27.4 Å². The first-order valence-electron chi connectivity index (χ1n) is 12.7. The van der Waals surface area contributed by atoms with Crippen LogP contribution in [0.3, 0.4) is 0 Å². The summed E-state index contributed by atoms with van der Waals surface area (Å²) in [4.78, 5) is 11.1. The molecule has 2 bridgehead atoms. The molecule has 3 fully saturated rings. The van der Waals surface area contributed by atoms with Crippen LogP contribution in [0, 0.1) is 29.3 Å². The molecule has 3 saturated heterocycles. The van der Waals surface area contributed by atoms with E-state index in [0.29, 0.717) is 23.1 Å². The number of halogens is 3. The van der Waals surface area contributed by atoms with Gasteiger partial charge in [0.05, 0.1) is 12.1 Å². The third kappa shape index (κ3) is 4.44. The third-order valence-electron chi connectivity index (χ3n) is 8.09. The molecule has 190 valence electrons. The average molecular weight is 498 g/mol. The molecule has 4 nitrogen and oxygen atoms in total. The zero-order valence-electron chi connectivity index (χ0n) is 20.5. The summed E-state index contributed by atoms with van der Waals surface area (Å²) < 4.78 is 48.7.